The SMILES string of the molecule is CN1C(=O)C(O)(C#CC2CC2)c2ccccc21. The van der Waals surface area contributed by atoms with Crippen LogP contribution < -0.4 is 4.90 Å². The number of benzene rings is 1. The van der Waals surface area contributed by atoms with Gasteiger partial charge in [-0.2, -0.15) is 0 Å². The van der Waals surface area contributed by atoms with Crippen LogP contribution in [0.1, 0.15) is 18.4 Å². The first-order valence-electron chi connectivity index (χ1n) is 5.75. The molecule has 3 rings (SSSR count). The van der Waals surface area contributed by atoms with Crippen LogP contribution in [0.25, 0.3) is 0 Å². The molecule has 1 heterocycles. The Labute approximate surface area is 100 Å². The summed E-state index contributed by atoms with van der Waals surface area (Å²) in [6.45, 7) is 0. The molecule has 1 aliphatic carbocycles. The molecule has 1 saturated carbocycles. The van der Waals surface area contributed by atoms with Gasteiger partial charge in [-0.15, -0.1) is 0 Å². The number of rotatable bonds is 0. The highest BCUT2D eigenvalue weighted by atomic mass is 16.3. The zero-order valence-corrected chi connectivity index (χ0v) is 9.60. The van der Waals surface area contributed by atoms with Crippen molar-refractivity contribution < 1.29 is 9.90 Å². The minimum Gasteiger partial charge on any atom is -0.366 e. The van der Waals surface area contributed by atoms with Crippen molar-refractivity contribution in [2.45, 2.75) is 18.4 Å². The highest BCUT2D eigenvalue weighted by Crippen LogP contribution is 2.39. The molecule has 1 aliphatic heterocycles. The number of hydrogen-bond acceptors (Lipinski definition) is 2. The highest BCUT2D eigenvalue weighted by Gasteiger charge is 2.47. The third kappa shape index (κ3) is 1.45. The van der Waals surface area contributed by atoms with E-state index in [0.717, 1.165) is 18.5 Å². The Kier molecular flexibility index (Phi) is 2.04. The summed E-state index contributed by atoms with van der Waals surface area (Å²) < 4.78 is 0. The maximum Gasteiger partial charge on any atom is 0.276 e. The van der Waals surface area contributed by atoms with Gasteiger partial charge in [0.05, 0.1) is 5.69 Å². The fourth-order valence-electron chi connectivity index (χ4n) is 2.09. The molecule has 1 atom stereocenters. The number of para-hydroxylation sites is 1. The van der Waals surface area contributed by atoms with Crippen LogP contribution in [0.4, 0.5) is 5.69 Å². The minimum atomic E-state index is -1.64. The molecule has 1 aromatic carbocycles. The summed E-state index contributed by atoms with van der Waals surface area (Å²) in [5.74, 6) is 5.76. The number of carbonyl (C=O) groups excluding carboxylic acids is 1. The molecule has 0 radical (unpaired) electrons. The predicted octanol–water partition coefficient (Wildman–Crippen LogP) is 1.26. The average Bonchev–Trinajstić information content (AvgIpc) is 3.15. The van der Waals surface area contributed by atoms with E-state index in [2.05, 4.69) is 11.8 Å². The summed E-state index contributed by atoms with van der Waals surface area (Å²) in [4.78, 5) is 13.6. The number of nitrogens with zero attached hydrogens (tertiary/aromatic N) is 1. The van der Waals surface area contributed by atoms with Gasteiger partial charge >= 0.3 is 0 Å². The van der Waals surface area contributed by atoms with Gasteiger partial charge in [-0.3, -0.25) is 4.79 Å². The molecule has 0 spiro atoms. The van der Waals surface area contributed by atoms with Crippen molar-refractivity contribution in [3.8, 4) is 11.8 Å². The molecule has 1 unspecified atom stereocenters. The molecule has 1 fully saturated rings. The van der Waals surface area contributed by atoms with Crippen LogP contribution in [0.2, 0.25) is 0 Å². The quantitative estimate of drug-likeness (QED) is 0.678. The molecule has 0 saturated heterocycles. The molecule has 1 aromatic rings. The first kappa shape index (κ1) is 10.4. The average molecular weight is 227 g/mol. The standard InChI is InChI=1S/C14H13NO2/c1-15-12-5-3-2-4-11(12)14(17,13(15)16)9-8-10-6-7-10/h2-5,10,17H,6-7H2,1H3. The van der Waals surface area contributed by atoms with Gasteiger partial charge in [-0.25, -0.2) is 0 Å². The fourth-order valence-corrected chi connectivity index (χ4v) is 2.09. The molecule has 3 heteroatoms. The number of anilines is 1. The van der Waals surface area contributed by atoms with Crippen LogP contribution in [0.5, 0.6) is 0 Å². The van der Waals surface area contributed by atoms with E-state index in [1.807, 2.05) is 18.2 Å². The smallest absolute Gasteiger partial charge is 0.276 e. The molecule has 1 amide bonds. The number of hydrogen-bond donors (Lipinski definition) is 1. The van der Waals surface area contributed by atoms with Gasteiger partial charge in [0.2, 0.25) is 5.60 Å². The monoisotopic (exact) mass is 227 g/mol. The van der Waals surface area contributed by atoms with E-state index in [4.69, 9.17) is 0 Å². The summed E-state index contributed by atoms with van der Waals surface area (Å²) in [5.41, 5.74) is -0.306. The van der Waals surface area contributed by atoms with Gasteiger partial charge in [0, 0.05) is 18.5 Å². The highest BCUT2D eigenvalue weighted by molar-refractivity contribution is 6.08. The van der Waals surface area contributed by atoms with E-state index >= 15 is 0 Å². The van der Waals surface area contributed by atoms with E-state index in [0.29, 0.717) is 11.5 Å². The van der Waals surface area contributed by atoms with E-state index in [-0.39, 0.29) is 5.91 Å². The Morgan fingerprint density at radius 3 is 2.82 bits per heavy atom. The Bertz CT molecular complexity index is 551. The Balaban J connectivity index is 2.11. The molecule has 0 aromatic heterocycles. The number of amides is 1. The Morgan fingerprint density at radius 1 is 1.41 bits per heavy atom. The van der Waals surface area contributed by atoms with E-state index in [9.17, 15) is 9.90 Å². The largest absolute Gasteiger partial charge is 0.366 e. The van der Waals surface area contributed by atoms with Crippen molar-refractivity contribution >= 4 is 11.6 Å². The lowest BCUT2D eigenvalue weighted by Crippen LogP contribution is -2.37. The summed E-state index contributed by atoms with van der Waals surface area (Å²) in [6.07, 6.45) is 2.16. The number of carbonyl (C=O) groups is 1. The van der Waals surface area contributed by atoms with E-state index in [1.54, 1.807) is 13.1 Å². The maximum absolute atomic E-state index is 12.1. The van der Waals surface area contributed by atoms with Crippen LogP contribution >= 0.6 is 0 Å². The molecule has 1 N–H and O–H groups in total. The topological polar surface area (TPSA) is 40.5 Å². The normalized spacial score (nSPS) is 26.5. The molecule has 0 bridgehead atoms. The molecule has 3 nitrogen and oxygen atoms in total. The molecular weight excluding hydrogens is 214 g/mol. The van der Waals surface area contributed by atoms with Crippen LogP contribution in [0.15, 0.2) is 24.3 Å². The lowest BCUT2D eigenvalue weighted by molar-refractivity contribution is -0.130. The number of likely N-dealkylation sites (N-methyl/N-ethyl adjacent to an activating group) is 1. The van der Waals surface area contributed by atoms with Crippen LogP contribution in [0.3, 0.4) is 0 Å². The third-order valence-corrected chi connectivity index (χ3v) is 3.30. The van der Waals surface area contributed by atoms with Gasteiger partial charge < -0.3 is 10.0 Å². The second-order valence-electron chi connectivity index (χ2n) is 4.64. The van der Waals surface area contributed by atoms with E-state index in [1.165, 1.54) is 4.90 Å². The van der Waals surface area contributed by atoms with Crippen LogP contribution in [-0.2, 0) is 10.4 Å². The fraction of sp³-hybridized carbons (Fsp3) is 0.357. The van der Waals surface area contributed by atoms with Crippen molar-refractivity contribution in [3.05, 3.63) is 29.8 Å². The molecular formula is C14H13NO2. The minimum absolute atomic E-state index is 0.355. The lowest BCUT2D eigenvalue weighted by Gasteiger charge is -2.14. The van der Waals surface area contributed by atoms with Gasteiger partial charge in [0.15, 0.2) is 0 Å². The van der Waals surface area contributed by atoms with Crippen molar-refractivity contribution in [3.63, 3.8) is 0 Å². The predicted molar refractivity (Wildman–Crippen MR) is 64.2 cm³/mol. The van der Waals surface area contributed by atoms with Gasteiger partial charge in [-0.05, 0) is 18.9 Å². The Morgan fingerprint density at radius 2 is 2.12 bits per heavy atom. The van der Waals surface area contributed by atoms with Crippen molar-refractivity contribution in [1.82, 2.24) is 0 Å². The van der Waals surface area contributed by atoms with Gasteiger partial charge in [0.25, 0.3) is 5.91 Å². The van der Waals surface area contributed by atoms with Crippen LogP contribution in [-0.4, -0.2) is 18.1 Å². The first-order chi connectivity index (χ1) is 8.13. The second-order valence-corrected chi connectivity index (χ2v) is 4.64. The third-order valence-electron chi connectivity index (χ3n) is 3.30. The number of fused-ring (bicyclic) bond motifs is 1. The zero-order valence-electron chi connectivity index (χ0n) is 9.60. The lowest BCUT2D eigenvalue weighted by atomic mass is 9.96. The molecule has 2 aliphatic rings. The van der Waals surface area contributed by atoms with Crippen molar-refractivity contribution in [1.29, 1.82) is 0 Å². The van der Waals surface area contributed by atoms with Crippen molar-refractivity contribution in [2.75, 3.05) is 11.9 Å². The summed E-state index contributed by atoms with van der Waals surface area (Å²) in [7, 11) is 1.66. The summed E-state index contributed by atoms with van der Waals surface area (Å²) in [6, 6.07) is 7.25. The zero-order chi connectivity index (χ0) is 12.0. The summed E-state index contributed by atoms with van der Waals surface area (Å²) >= 11 is 0. The van der Waals surface area contributed by atoms with E-state index < -0.39 is 5.60 Å². The summed E-state index contributed by atoms with van der Waals surface area (Å²) in [5, 5.41) is 10.5. The molecule has 17 heavy (non-hydrogen) atoms. The first-order valence-corrected chi connectivity index (χ1v) is 5.75. The number of aliphatic hydroxyl groups is 1. The van der Waals surface area contributed by atoms with Gasteiger partial charge in [-0.1, -0.05) is 30.0 Å². The van der Waals surface area contributed by atoms with Crippen LogP contribution in [0, 0.1) is 17.8 Å². The van der Waals surface area contributed by atoms with Gasteiger partial charge in [0.1, 0.15) is 0 Å². The Hall–Kier alpha value is -1.79. The second kappa shape index (κ2) is 3.35. The molecule has 86 valence electrons. The van der Waals surface area contributed by atoms with Crippen molar-refractivity contribution in [2.24, 2.45) is 5.92 Å². The maximum atomic E-state index is 12.1.